The molecular formula is C13H14ClN3O4. The van der Waals surface area contributed by atoms with E-state index >= 15 is 0 Å². The number of anilines is 1. The first kappa shape index (κ1) is 15.1. The van der Waals surface area contributed by atoms with Crippen LogP contribution in [0.25, 0.3) is 0 Å². The Hall–Kier alpha value is -2.28. The molecule has 0 bridgehead atoms. The lowest BCUT2D eigenvalue weighted by Crippen LogP contribution is -2.42. The van der Waals surface area contributed by atoms with Crippen LogP contribution in [0.5, 0.6) is 0 Å². The van der Waals surface area contributed by atoms with Gasteiger partial charge in [0, 0.05) is 12.2 Å². The van der Waals surface area contributed by atoms with E-state index in [1.807, 2.05) is 0 Å². The summed E-state index contributed by atoms with van der Waals surface area (Å²) in [4.78, 5) is 34.7. The summed E-state index contributed by atoms with van der Waals surface area (Å²) in [7, 11) is 1.24. The van der Waals surface area contributed by atoms with Gasteiger partial charge in [-0.3, -0.25) is 4.79 Å². The minimum Gasteiger partial charge on any atom is -0.465 e. The molecule has 0 unspecified atom stereocenters. The van der Waals surface area contributed by atoms with Crippen molar-refractivity contribution >= 4 is 35.2 Å². The Morgan fingerprint density at radius 3 is 2.81 bits per heavy atom. The second-order valence-electron chi connectivity index (χ2n) is 4.42. The lowest BCUT2D eigenvalue weighted by atomic mass is 10.2. The van der Waals surface area contributed by atoms with Gasteiger partial charge in [-0.25, -0.2) is 9.59 Å². The SMILES string of the molecule is COC(=O)c1cc(NC(=O)N[C@@H]2CCNC2=O)ccc1Cl. The Labute approximate surface area is 126 Å². The highest BCUT2D eigenvalue weighted by Crippen LogP contribution is 2.21. The highest BCUT2D eigenvalue weighted by Gasteiger charge is 2.25. The second kappa shape index (κ2) is 6.45. The van der Waals surface area contributed by atoms with Crippen molar-refractivity contribution in [3.63, 3.8) is 0 Å². The highest BCUT2D eigenvalue weighted by atomic mass is 35.5. The zero-order valence-electron chi connectivity index (χ0n) is 11.2. The Morgan fingerprint density at radius 2 is 2.19 bits per heavy atom. The van der Waals surface area contributed by atoms with E-state index in [0.29, 0.717) is 18.7 Å². The maximum absolute atomic E-state index is 11.8. The number of hydrogen-bond acceptors (Lipinski definition) is 4. The molecule has 0 radical (unpaired) electrons. The van der Waals surface area contributed by atoms with Gasteiger partial charge in [-0.1, -0.05) is 11.6 Å². The first-order chi connectivity index (χ1) is 10.0. The number of methoxy groups -OCH3 is 1. The number of hydrogen-bond donors (Lipinski definition) is 3. The molecule has 1 heterocycles. The number of rotatable bonds is 3. The maximum atomic E-state index is 11.8. The van der Waals surface area contributed by atoms with Crippen LogP contribution >= 0.6 is 11.6 Å². The molecule has 3 N–H and O–H groups in total. The smallest absolute Gasteiger partial charge is 0.339 e. The first-order valence-corrected chi connectivity index (χ1v) is 6.62. The normalized spacial score (nSPS) is 17.0. The zero-order chi connectivity index (χ0) is 15.4. The Kier molecular flexibility index (Phi) is 4.64. The molecular weight excluding hydrogens is 298 g/mol. The molecule has 2 rings (SSSR count). The fourth-order valence-corrected chi connectivity index (χ4v) is 2.12. The Balaban J connectivity index is 2.03. The molecule has 0 aromatic heterocycles. The van der Waals surface area contributed by atoms with Crippen LogP contribution in [0.15, 0.2) is 18.2 Å². The summed E-state index contributed by atoms with van der Waals surface area (Å²) in [6, 6.07) is 3.35. The number of benzene rings is 1. The molecule has 1 aromatic rings. The van der Waals surface area contributed by atoms with E-state index in [0.717, 1.165) is 0 Å². The fraction of sp³-hybridized carbons (Fsp3) is 0.308. The van der Waals surface area contributed by atoms with E-state index in [9.17, 15) is 14.4 Å². The fourth-order valence-electron chi connectivity index (χ4n) is 1.93. The van der Waals surface area contributed by atoms with Gasteiger partial charge in [0.15, 0.2) is 0 Å². The standard InChI is InChI=1S/C13H14ClN3O4/c1-21-12(19)8-6-7(2-3-9(8)14)16-13(20)17-10-4-5-15-11(10)18/h2-3,6,10H,4-5H2,1H3,(H,15,18)(H2,16,17,20)/t10-/m1/s1. The van der Waals surface area contributed by atoms with Gasteiger partial charge in [0.1, 0.15) is 6.04 Å². The molecule has 1 aliphatic heterocycles. The van der Waals surface area contributed by atoms with Crippen LogP contribution in [0.3, 0.4) is 0 Å². The van der Waals surface area contributed by atoms with Crippen LogP contribution in [-0.4, -0.2) is 37.6 Å². The minimum atomic E-state index is -0.598. The van der Waals surface area contributed by atoms with E-state index in [1.54, 1.807) is 6.07 Å². The molecule has 1 fully saturated rings. The van der Waals surface area contributed by atoms with Crippen LogP contribution in [0, 0.1) is 0 Å². The predicted molar refractivity (Wildman–Crippen MR) is 76.4 cm³/mol. The molecule has 1 aliphatic rings. The summed E-state index contributed by atoms with van der Waals surface area (Å²) < 4.78 is 4.59. The predicted octanol–water partition coefficient (Wildman–Crippen LogP) is 1.14. The molecule has 7 nitrogen and oxygen atoms in total. The van der Waals surface area contributed by atoms with Crippen molar-refractivity contribution in [2.75, 3.05) is 19.0 Å². The first-order valence-electron chi connectivity index (χ1n) is 6.24. The average Bonchev–Trinajstić information content (AvgIpc) is 2.85. The van der Waals surface area contributed by atoms with Crippen molar-refractivity contribution in [2.45, 2.75) is 12.5 Å². The Bertz CT molecular complexity index is 591. The maximum Gasteiger partial charge on any atom is 0.339 e. The number of carbonyl (C=O) groups is 3. The van der Waals surface area contributed by atoms with Crippen molar-refractivity contribution in [3.05, 3.63) is 28.8 Å². The van der Waals surface area contributed by atoms with Crippen LogP contribution in [-0.2, 0) is 9.53 Å². The molecule has 112 valence electrons. The summed E-state index contributed by atoms with van der Waals surface area (Å²) in [5.41, 5.74) is 0.520. The van der Waals surface area contributed by atoms with Gasteiger partial charge in [-0.2, -0.15) is 0 Å². The largest absolute Gasteiger partial charge is 0.465 e. The summed E-state index contributed by atoms with van der Waals surface area (Å²) in [5, 5.41) is 7.93. The molecule has 21 heavy (non-hydrogen) atoms. The van der Waals surface area contributed by atoms with E-state index < -0.39 is 18.0 Å². The zero-order valence-corrected chi connectivity index (χ0v) is 12.0. The van der Waals surface area contributed by atoms with E-state index in [-0.39, 0.29) is 16.5 Å². The van der Waals surface area contributed by atoms with Crippen LogP contribution in [0.1, 0.15) is 16.8 Å². The average molecular weight is 312 g/mol. The van der Waals surface area contributed by atoms with E-state index in [2.05, 4.69) is 20.7 Å². The van der Waals surface area contributed by atoms with Crippen molar-refractivity contribution in [2.24, 2.45) is 0 Å². The number of ether oxygens (including phenoxy) is 1. The lowest BCUT2D eigenvalue weighted by Gasteiger charge is -2.12. The third-order valence-electron chi connectivity index (χ3n) is 2.98. The number of nitrogens with one attached hydrogen (secondary N) is 3. The third kappa shape index (κ3) is 3.63. The number of halogens is 1. The van der Waals surface area contributed by atoms with Gasteiger partial charge in [-0.15, -0.1) is 0 Å². The molecule has 1 aromatic carbocycles. The topological polar surface area (TPSA) is 96.5 Å². The van der Waals surface area contributed by atoms with Crippen LogP contribution in [0.2, 0.25) is 5.02 Å². The van der Waals surface area contributed by atoms with Gasteiger partial charge < -0.3 is 20.7 Å². The van der Waals surface area contributed by atoms with Crippen molar-refractivity contribution < 1.29 is 19.1 Å². The number of esters is 1. The van der Waals surface area contributed by atoms with Gasteiger partial charge >= 0.3 is 12.0 Å². The van der Waals surface area contributed by atoms with Crippen molar-refractivity contribution in [1.29, 1.82) is 0 Å². The summed E-state index contributed by atoms with van der Waals surface area (Å²) in [5.74, 6) is -0.810. The monoisotopic (exact) mass is 311 g/mol. The summed E-state index contributed by atoms with van der Waals surface area (Å²) >= 11 is 5.88. The van der Waals surface area contributed by atoms with Gasteiger partial charge in [-0.05, 0) is 24.6 Å². The van der Waals surface area contributed by atoms with Gasteiger partial charge in [0.2, 0.25) is 5.91 Å². The highest BCUT2D eigenvalue weighted by molar-refractivity contribution is 6.33. The van der Waals surface area contributed by atoms with Crippen LogP contribution in [0.4, 0.5) is 10.5 Å². The van der Waals surface area contributed by atoms with Gasteiger partial charge in [0.05, 0.1) is 17.7 Å². The summed E-state index contributed by atoms with van der Waals surface area (Å²) in [6.07, 6.45) is 0.542. The number of carbonyl (C=O) groups excluding carboxylic acids is 3. The molecule has 0 saturated carbocycles. The number of amides is 3. The van der Waals surface area contributed by atoms with Crippen molar-refractivity contribution in [3.8, 4) is 0 Å². The van der Waals surface area contributed by atoms with Crippen LogP contribution < -0.4 is 16.0 Å². The van der Waals surface area contributed by atoms with E-state index in [4.69, 9.17) is 11.6 Å². The molecule has 0 spiro atoms. The Morgan fingerprint density at radius 1 is 1.43 bits per heavy atom. The quantitative estimate of drug-likeness (QED) is 0.729. The molecule has 1 saturated heterocycles. The third-order valence-corrected chi connectivity index (χ3v) is 3.31. The van der Waals surface area contributed by atoms with Gasteiger partial charge in [0.25, 0.3) is 0 Å². The summed E-state index contributed by atoms with van der Waals surface area (Å²) in [6.45, 7) is 0.539. The second-order valence-corrected chi connectivity index (χ2v) is 4.82. The van der Waals surface area contributed by atoms with E-state index in [1.165, 1.54) is 19.2 Å². The number of urea groups is 1. The molecule has 0 aliphatic carbocycles. The van der Waals surface area contributed by atoms with Crippen molar-refractivity contribution in [1.82, 2.24) is 10.6 Å². The lowest BCUT2D eigenvalue weighted by molar-refractivity contribution is -0.120. The minimum absolute atomic E-state index is 0.149. The molecule has 8 heteroatoms. The molecule has 1 atom stereocenters. The molecule has 3 amide bonds.